The van der Waals surface area contributed by atoms with Crippen LogP contribution in [0.25, 0.3) is 0 Å². The summed E-state index contributed by atoms with van der Waals surface area (Å²) in [6.45, 7) is 9.08. The molecule has 0 aromatic carbocycles. The molecule has 0 unspecified atom stereocenters. The fraction of sp³-hybridized carbons (Fsp3) is 0.882. The molecule has 124 valence electrons. The van der Waals surface area contributed by atoms with E-state index in [1.165, 1.54) is 0 Å². The largest absolute Gasteiger partial charge is 0.342 e. The average molecular weight is 307 g/mol. The molecule has 3 aliphatic rings. The molecule has 0 aromatic heterocycles. The molecule has 0 aliphatic carbocycles. The van der Waals surface area contributed by atoms with Crippen LogP contribution >= 0.6 is 0 Å². The molecule has 0 bridgehead atoms. The van der Waals surface area contributed by atoms with Crippen molar-refractivity contribution in [2.45, 2.75) is 33.1 Å². The van der Waals surface area contributed by atoms with Crippen molar-refractivity contribution in [1.82, 2.24) is 14.7 Å². The van der Waals surface area contributed by atoms with Crippen molar-refractivity contribution < 1.29 is 9.59 Å². The van der Waals surface area contributed by atoms with Crippen molar-refractivity contribution in [3.63, 3.8) is 0 Å². The van der Waals surface area contributed by atoms with Gasteiger partial charge in [-0.05, 0) is 25.8 Å². The smallest absolute Gasteiger partial charge is 0.232 e. The average Bonchev–Trinajstić information content (AvgIpc) is 3.10. The number of fused-ring (bicyclic) bond motifs is 1. The Morgan fingerprint density at radius 1 is 1.09 bits per heavy atom. The number of amides is 2. The fourth-order valence-corrected chi connectivity index (χ4v) is 4.52. The molecule has 0 radical (unpaired) electrons. The lowest BCUT2D eigenvalue weighted by Crippen LogP contribution is -2.49. The molecular weight excluding hydrogens is 278 g/mol. The summed E-state index contributed by atoms with van der Waals surface area (Å²) in [5.41, 5.74) is -0.342. The molecule has 3 heterocycles. The third-order valence-corrected chi connectivity index (χ3v) is 5.53. The molecule has 3 fully saturated rings. The second-order valence-electron chi connectivity index (χ2n) is 7.92. The van der Waals surface area contributed by atoms with Crippen molar-refractivity contribution in [3.05, 3.63) is 0 Å². The van der Waals surface area contributed by atoms with Gasteiger partial charge in [0, 0.05) is 51.6 Å². The number of hydrogen-bond acceptors (Lipinski definition) is 3. The summed E-state index contributed by atoms with van der Waals surface area (Å²) in [5.74, 6) is 1.21. The Balaban J connectivity index is 1.77. The van der Waals surface area contributed by atoms with E-state index >= 15 is 0 Å². The molecule has 0 aromatic rings. The van der Waals surface area contributed by atoms with Crippen LogP contribution in [0.1, 0.15) is 33.1 Å². The SMILES string of the molecule is CC(C)CC(=O)N1C[C@@H]2CN(C)C[C@]2(C(=O)N2CCCC2)C1. The number of carbonyl (C=O) groups is 2. The van der Waals surface area contributed by atoms with Crippen LogP contribution < -0.4 is 0 Å². The third-order valence-electron chi connectivity index (χ3n) is 5.53. The lowest BCUT2D eigenvalue weighted by atomic mass is 9.79. The number of hydrogen-bond donors (Lipinski definition) is 0. The minimum Gasteiger partial charge on any atom is -0.342 e. The second-order valence-corrected chi connectivity index (χ2v) is 7.92. The Morgan fingerprint density at radius 2 is 1.77 bits per heavy atom. The predicted octanol–water partition coefficient (Wildman–Crippen LogP) is 1.05. The van der Waals surface area contributed by atoms with E-state index in [0.29, 0.717) is 30.7 Å². The van der Waals surface area contributed by atoms with E-state index in [0.717, 1.165) is 45.6 Å². The highest BCUT2D eigenvalue weighted by molar-refractivity contribution is 5.87. The Labute approximate surface area is 133 Å². The maximum Gasteiger partial charge on any atom is 0.232 e. The first-order valence-electron chi connectivity index (χ1n) is 8.68. The highest BCUT2D eigenvalue weighted by Gasteiger charge is 2.58. The standard InChI is InChI=1S/C17H29N3O2/c1-13(2)8-15(21)20-10-14-9-18(3)11-17(14,12-20)16(22)19-6-4-5-7-19/h13-14H,4-12H2,1-3H3/t14-,17-/m0/s1. The summed E-state index contributed by atoms with van der Waals surface area (Å²) >= 11 is 0. The van der Waals surface area contributed by atoms with Crippen molar-refractivity contribution in [2.24, 2.45) is 17.3 Å². The van der Waals surface area contributed by atoms with E-state index in [1.54, 1.807) is 0 Å². The van der Waals surface area contributed by atoms with Crippen LogP contribution in [0.15, 0.2) is 0 Å². The van der Waals surface area contributed by atoms with Gasteiger partial charge >= 0.3 is 0 Å². The predicted molar refractivity (Wildman–Crippen MR) is 85.3 cm³/mol. The maximum absolute atomic E-state index is 13.1. The molecular formula is C17H29N3O2. The van der Waals surface area contributed by atoms with Crippen LogP contribution in [0.4, 0.5) is 0 Å². The lowest BCUT2D eigenvalue weighted by molar-refractivity contribution is -0.141. The van der Waals surface area contributed by atoms with Crippen LogP contribution in [0, 0.1) is 17.3 Å². The zero-order valence-corrected chi connectivity index (χ0v) is 14.2. The van der Waals surface area contributed by atoms with Crippen molar-refractivity contribution in [2.75, 3.05) is 46.3 Å². The van der Waals surface area contributed by atoms with E-state index in [4.69, 9.17) is 0 Å². The molecule has 2 amide bonds. The Morgan fingerprint density at radius 3 is 2.41 bits per heavy atom. The fourth-order valence-electron chi connectivity index (χ4n) is 4.52. The Bertz CT molecular complexity index is 459. The van der Waals surface area contributed by atoms with Gasteiger partial charge in [-0.2, -0.15) is 0 Å². The van der Waals surface area contributed by atoms with Crippen molar-refractivity contribution in [1.29, 1.82) is 0 Å². The Hall–Kier alpha value is -1.10. The summed E-state index contributed by atoms with van der Waals surface area (Å²) in [5, 5.41) is 0. The molecule has 0 N–H and O–H groups in total. The maximum atomic E-state index is 13.1. The van der Waals surface area contributed by atoms with Gasteiger partial charge in [0.25, 0.3) is 0 Å². The zero-order chi connectivity index (χ0) is 15.9. The van der Waals surface area contributed by atoms with Gasteiger partial charge in [0.2, 0.25) is 11.8 Å². The van der Waals surface area contributed by atoms with Gasteiger partial charge in [-0.15, -0.1) is 0 Å². The molecule has 3 rings (SSSR count). The number of likely N-dealkylation sites (tertiary alicyclic amines) is 3. The van der Waals surface area contributed by atoms with E-state index in [-0.39, 0.29) is 11.3 Å². The number of carbonyl (C=O) groups excluding carboxylic acids is 2. The monoisotopic (exact) mass is 307 g/mol. The first kappa shape index (κ1) is 15.8. The quantitative estimate of drug-likeness (QED) is 0.783. The van der Waals surface area contributed by atoms with Gasteiger partial charge < -0.3 is 14.7 Å². The van der Waals surface area contributed by atoms with E-state index in [1.807, 2.05) is 9.80 Å². The van der Waals surface area contributed by atoms with Crippen LogP contribution in [0.2, 0.25) is 0 Å². The van der Waals surface area contributed by atoms with E-state index in [9.17, 15) is 9.59 Å². The third kappa shape index (κ3) is 2.64. The first-order chi connectivity index (χ1) is 10.4. The lowest BCUT2D eigenvalue weighted by Gasteiger charge is -2.32. The van der Waals surface area contributed by atoms with Crippen LogP contribution in [0.3, 0.4) is 0 Å². The van der Waals surface area contributed by atoms with Gasteiger partial charge in [-0.3, -0.25) is 9.59 Å². The van der Waals surface area contributed by atoms with Crippen LogP contribution in [-0.2, 0) is 9.59 Å². The minimum atomic E-state index is -0.342. The van der Waals surface area contributed by atoms with Gasteiger partial charge in [0.1, 0.15) is 0 Å². The molecule has 5 nitrogen and oxygen atoms in total. The normalized spacial score (nSPS) is 32.1. The van der Waals surface area contributed by atoms with Crippen LogP contribution in [-0.4, -0.2) is 72.8 Å². The molecule has 0 spiro atoms. The highest BCUT2D eigenvalue weighted by atomic mass is 16.2. The number of nitrogens with zero attached hydrogens (tertiary/aromatic N) is 3. The molecule has 0 saturated carbocycles. The molecule has 3 saturated heterocycles. The summed E-state index contributed by atoms with van der Waals surface area (Å²) < 4.78 is 0. The highest BCUT2D eigenvalue weighted by Crippen LogP contribution is 2.44. The zero-order valence-electron chi connectivity index (χ0n) is 14.2. The molecule has 3 aliphatic heterocycles. The summed E-state index contributed by atoms with van der Waals surface area (Å²) in [7, 11) is 2.09. The topological polar surface area (TPSA) is 43.9 Å². The van der Waals surface area contributed by atoms with Crippen molar-refractivity contribution in [3.8, 4) is 0 Å². The molecule has 2 atom stereocenters. The first-order valence-corrected chi connectivity index (χ1v) is 8.68. The minimum absolute atomic E-state index is 0.223. The van der Waals surface area contributed by atoms with Gasteiger partial charge in [0.15, 0.2) is 0 Å². The van der Waals surface area contributed by atoms with Gasteiger partial charge in [-0.25, -0.2) is 0 Å². The van der Waals surface area contributed by atoms with E-state index < -0.39 is 0 Å². The van der Waals surface area contributed by atoms with Crippen LogP contribution in [0.5, 0.6) is 0 Å². The summed E-state index contributed by atoms with van der Waals surface area (Å²) in [6.07, 6.45) is 2.84. The summed E-state index contributed by atoms with van der Waals surface area (Å²) in [6, 6.07) is 0. The van der Waals surface area contributed by atoms with Gasteiger partial charge in [0.05, 0.1) is 5.41 Å². The van der Waals surface area contributed by atoms with Crippen molar-refractivity contribution >= 4 is 11.8 Å². The summed E-state index contributed by atoms with van der Waals surface area (Å²) in [4.78, 5) is 31.9. The van der Waals surface area contributed by atoms with Gasteiger partial charge in [-0.1, -0.05) is 13.8 Å². The van der Waals surface area contributed by atoms with E-state index in [2.05, 4.69) is 25.8 Å². The molecule has 22 heavy (non-hydrogen) atoms. The second kappa shape index (κ2) is 5.84. The molecule has 5 heteroatoms. The number of rotatable bonds is 3. The Kier molecular flexibility index (Phi) is 4.19.